The third-order valence-corrected chi connectivity index (χ3v) is 5.14. The lowest BCUT2D eigenvalue weighted by Gasteiger charge is -2.17. The van der Waals surface area contributed by atoms with Crippen molar-refractivity contribution >= 4 is 5.91 Å². The van der Waals surface area contributed by atoms with Crippen LogP contribution in [0.5, 0.6) is 0 Å². The topological polar surface area (TPSA) is 95.8 Å². The lowest BCUT2D eigenvalue weighted by molar-refractivity contribution is -0.137. The van der Waals surface area contributed by atoms with Crippen LogP contribution in [0, 0.1) is 19.3 Å². The van der Waals surface area contributed by atoms with Crippen molar-refractivity contribution < 1.29 is 18.0 Å². The van der Waals surface area contributed by atoms with Gasteiger partial charge in [-0.25, -0.2) is 9.67 Å². The van der Waals surface area contributed by atoms with Crippen LogP contribution in [-0.4, -0.2) is 25.2 Å². The lowest BCUT2D eigenvalue weighted by atomic mass is 10.1. The molecule has 0 fully saturated rings. The molecule has 34 heavy (non-hydrogen) atoms. The van der Waals surface area contributed by atoms with E-state index < -0.39 is 28.9 Å². The number of benzene rings is 2. The van der Waals surface area contributed by atoms with Gasteiger partial charge in [-0.2, -0.15) is 18.3 Å². The molecule has 0 spiro atoms. The third-order valence-electron chi connectivity index (χ3n) is 5.14. The van der Waals surface area contributed by atoms with Gasteiger partial charge in [0, 0.05) is 11.3 Å². The first-order chi connectivity index (χ1) is 16.1. The number of terminal acetylenes is 1. The summed E-state index contributed by atoms with van der Waals surface area (Å²) in [6, 6.07) is 12.7. The summed E-state index contributed by atoms with van der Waals surface area (Å²) in [5.41, 5.74) is 4.77. The molecular formula is C24H16F3N5O2. The number of alkyl halides is 3. The Morgan fingerprint density at radius 1 is 1.09 bits per heavy atom. The molecule has 2 heterocycles. The zero-order chi connectivity index (χ0) is 24.6. The van der Waals surface area contributed by atoms with E-state index in [1.807, 2.05) is 0 Å². The summed E-state index contributed by atoms with van der Waals surface area (Å²) in [5.74, 6) is 1.40. The number of nitrogens with two attached hydrogens (primary N) is 1. The monoisotopic (exact) mass is 463 g/mol. The van der Waals surface area contributed by atoms with Crippen molar-refractivity contribution in [1.29, 1.82) is 0 Å². The summed E-state index contributed by atoms with van der Waals surface area (Å²) in [6.07, 6.45) is 2.25. The van der Waals surface area contributed by atoms with Crippen LogP contribution in [0.25, 0.3) is 22.8 Å². The van der Waals surface area contributed by atoms with E-state index in [9.17, 15) is 22.8 Å². The van der Waals surface area contributed by atoms with Crippen molar-refractivity contribution in [3.8, 4) is 35.1 Å². The van der Waals surface area contributed by atoms with Gasteiger partial charge in [-0.15, -0.1) is 6.42 Å². The second kappa shape index (κ2) is 8.37. The van der Waals surface area contributed by atoms with Crippen molar-refractivity contribution in [3.05, 3.63) is 93.7 Å². The van der Waals surface area contributed by atoms with Gasteiger partial charge in [-0.1, -0.05) is 12.0 Å². The minimum absolute atomic E-state index is 0.0899. The molecule has 1 amide bonds. The van der Waals surface area contributed by atoms with Crippen LogP contribution in [0.2, 0.25) is 0 Å². The summed E-state index contributed by atoms with van der Waals surface area (Å²) in [5, 5.41) is 4.28. The first-order valence-electron chi connectivity index (χ1n) is 9.84. The van der Waals surface area contributed by atoms with Gasteiger partial charge in [0.15, 0.2) is 5.69 Å². The first-order valence-corrected chi connectivity index (χ1v) is 9.84. The van der Waals surface area contributed by atoms with E-state index in [4.69, 9.17) is 12.2 Å². The molecule has 0 aliphatic rings. The van der Waals surface area contributed by atoms with Crippen LogP contribution in [-0.2, 0) is 6.18 Å². The highest BCUT2D eigenvalue weighted by Gasteiger charge is 2.31. The molecule has 4 rings (SSSR count). The summed E-state index contributed by atoms with van der Waals surface area (Å²) in [6.45, 7) is 1.51. The number of rotatable bonds is 4. The summed E-state index contributed by atoms with van der Waals surface area (Å²) >= 11 is 0. The molecule has 0 saturated heterocycles. The molecule has 0 bridgehead atoms. The van der Waals surface area contributed by atoms with Crippen LogP contribution in [0.4, 0.5) is 13.2 Å². The molecule has 0 saturated carbocycles. The highest BCUT2D eigenvalue weighted by Crippen LogP contribution is 2.31. The zero-order valence-corrected chi connectivity index (χ0v) is 17.7. The second-order valence-corrected chi connectivity index (χ2v) is 7.27. The Balaban J connectivity index is 1.98. The highest BCUT2D eigenvalue weighted by molar-refractivity contribution is 5.91. The van der Waals surface area contributed by atoms with Crippen LogP contribution in [0.1, 0.15) is 27.3 Å². The molecule has 2 aromatic heterocycles. The van der Waals surface area contributed by atoms with Crippen LogP contribution < -0.4 is 11.3 Å². The number of carbonyl (C=O) groups is 1. The number of amides is 1. The molecule has 0 unspecified atom stereocenters. The number of hydrogen-bond donors (Lipinski definition) is 1. The van der Waals surface area contributed by atoms with Crippen molar-refractivity contribution in [2.75, 3.05) is 0 Å². The predicted octanol–water partition coefficient (Wildman–Crippen LogP) is 3.49. The summed E-state index contributed by atoms with van der Waals surface area (Å²) in [7, 11) is 0. The maximum Gasteiger partial charge on any atom is 0.416 e. The summed E-state index contributed by atoms with van der Waals surface area (Å²) in [4.78, 5) is 29.2. The van der Waals surface area contributed by atoms with Gasteiger partial charge in [0.1, 0.15) is 5.69 Å². The Kier molecular flexibility index (Phi) is 5.55. The van der Waals surface area contributed by atoms with Gasteiger partial charge in [0.25, 0.3) is 11.5 Å². The molecule has 7 nitrogen and oxygen atoms in total. The fraction of sp³-hybridized carbons (Fsp3) is 0.0833. The number of halogens is 3. The fourth-order valence-electron chi connectivity index (χ4n) is 3.53. The molecule has 170 valence electrons. The number of aromatic nitrogens is 4. The van der Waals surface area contributed by atoms with Crippen LogP contribution in [0.15, 0.2) is 65.6 Å². The van der Waals surface area contributed by atoms with Gasteiger partial charge < -0.3 is 5.73 Å². The van der Waals surface area contributed by atoms with Crippen molar-refractivity contribution in [2.24, 2.45) is 5.73 Å². The van der Waals surface area contributed by atoms with E-state index >= 15 is 0 Å². The lowest BCUT2D eigenvalue weighted by Crippen LogP contribution is -2.32. The quantitative estimate of drug-likeness (QED) is 0.469. The van der Waals surface area contributed by atoms with Gasteiger partial charge >= 0.3 is 6.18 Å². The minimum Gasteiger partial charge on any atom is -0.364 e. The molecule has 0 aliphatic carbocycles. The number of nitrogens with zero attached hydrogens (tertiary/aromatic N) is 4. The smallest absolute Gasteiger partial charge is 0.364 e. The van der Waals surface area contributed by atoms with E-state index in [2.05, 4.69) is 16.0 Å². The van der Waals surface area contributed by atoms with E-state index in [1.54, 1.807) is 30.3 Å². The van der Waals surface area contributed by atoms with E-state index in [0.717, 1.165) is 16.7 Å². The number of primary amides is 1. The number of hydrogen-bond acceptors (Lipinski definition) is 4. The minimum atomic E-state index is -4.63. The Labute approximate surface area is 191 Å². The maximum atomic E-state index is 13.3. The zero-order valence-electron chi connectivity index (χ0n) is 17.7. The normalized spacial score (nSPS) is 11.3. The van der Waals surface area contributed by atoms with Gasteiger partial charge in [0.2, 0.25) is 0 Å². The molecule has 10 heteroatoms. The number of carbonyl (C=O) groups excluding carboxylic acids is 1. The molecule has 0 atom stereocenters. The molecule has 0 radical (unpaired) electrons. The van der Waals surface area contributed by atoms with E-state index in [0.29, 0.717) is 16.9 Å². The third kappa shape index (κ3) is 3.95. The first kappa shape index (κ1) is 22.5. The maximum absolute atomic E-state index is 13.3. The van der Waals surface area contributed by atoms with E-state index in [-0.39, 0.29) is 17.1 Å². The van der Waals surface area contributed by atoms with Gasteiger partial charge in [-0.05, 0) is 55.5 Å². The molecule has 2 aromatic carbocycles. The molecule has 2 N–H and O–H groups in total. The van der Waals surface area contributed by atoms with Crippen molar-refractivity contribution in [2.45, 2.75) is 13.1 Å². The van der Waals surface area contributed by atoms with Crippen molar-refractivity contribution in [1.82, 2.24) is 19.3 Å². The average molecular weight is 463 g/mol. The Bertz CT molecular complexity index is 1510. The average Bonchev–Trinajstić information content (AvgIpc) is 3.28. The van der Waals surface area contributed by atoms with E-state index in [1.165, 1.54) is 29.9 Å². The van der Waals surface area contributed by atoms with Crippen molar-refractivity contribution in [3.63, 3.8) is 0 Å². The van der Waals surface area contributed by atoms with Crippen LogP contribution >= 0.6 is 0 Å². The van der Waals surface area contributed by atoms with Gasteiger partial charge in [0.05, 0.1) is 28.8 Å². The Morgan fingerprint density at radius 3 is 2.41 bits per heavy atom. The summed E-state index contributed by atoms with van der Waals surface area (Å²) < 4.78 is 42.4. The predicted molar refractivity (Wildman–Crippen MR) is 119 cm³/mol. The van der Waals surface area contributed by atoms with Crippen LogP contribution in [0.3, 0.4) is 0 Å². The Hall–Kier alpha value is -4.65. The molecule has 4 aromatic rings. The second-order valence-electron chi connectivity index (χ2n) is 7.27. The SMILES string of the molecule is C#Cc1ccc(-n2nccc2-c2nc(C(N)=O)c(=O)n(-c3cccc(C(F)(F)F)c3)c2C)cc1. The molecular weight excluding hydrogens is 447 g/mol. The fourth-order valence-corrected chi connectivity index (χ4v) is 3.53. The highest BCUT2D eigenvalue weighted by atomic mass is 19.4. The Morgan fingerprint density at radius 2 is 1.79 bits per heavy atom. The van der Waals surface area contributed by atoms with Gasteiger partial charge in [-0.3, -0.25) is 14.2 Å². The largest absolute Gasteiger partial charge is 0.416 e. The molecule has 0 aliphatic heterocycles. The standard InChI is InChI=1S/C24H16F3N5O2/c1-3-15-7-9-17(10-8-15)32-19(11-12-29-32)20-14(2)31(23(34)21(30-20)22(28)33)18-6-4-5-16(13-18)24(25,26)27/h1,4-13H,2H3,(H2,28,33).